The van der Waals surface area contributed by atoms with Crippen LogP contribution in [0, 0.1) is 6.92 Å². The summed E-state index contributed by atoms with van der Waals surface area (Å²) in [5, 5.41) is 27.8. The van der Waals surface area contributed by atoms with Crippen LogP contribution in [0.2, 0.25) is 0 Å². The van der Waals surface area contributed by atoms with Crippen molar-refractivity contribution in [1.29, 1.82) is 0 Å². The zero-order chi connectivity index (χ0) is 15.3. The largest absolute Gasteiger partial charge is 0.503 e. The molecule has 7 nitrogen and oxygen atoms in total. The van der Waals surface area contributed by atoms with Gasteiger partial charge in [-0.25, -0.2) is 0 Å². The fourth-order valence-corrected chi connectivity index (χ4v) is 2.04. The maximum atomic E-state index is 11.6. The molecule has 0 bridgehead atoms. The number of aliphatic hydroxyl groups is 1. The molecule has 0 aliphatic carbocycles. The Balaban J connectivity index is 3.26. The van der Waals surface area contributed by atoms with Gasteiger partial charge < -0.3 is 19.9 Å². The predicted octanol–water partition coefficient (Wildman–Crippen LogP) is -0.239. The summed E-state index contributed by atoms with van der Waals surface area (Å²) in [5.41, 5.74) is 0.206. The molecule has 0 fully saturated rings. The molecular formula is C13H20N2O5. The van der Waals surface area contributed by atoms with Crippen molar-refractivity contribution in [2.45, 2.75) is 26.9 Å². The van der Waals surface area contributed by atoms with E-state index in [1.807, 2.05) is 11.8 Å². The fraction of sp³-hybridized carbons (Fsp3) is 0.538. The first-order valence-electron chi connectivity index (χ1n) is 6.38. The molecule has 0 unspecified atom stereocenters. The third-order valence-corrected chi connectivity index (χ3v) is 3.13. The molecule has 3 N–H and O–H groups in total. The number of rotatable bonds is 7. The Morgan fingerprint density at radius 1 is 1.45 bits per heavy atom. The van der Waals surface area contributed by atoms with E-state index in [1.54, 1.807) is 6.92 Å². The van der Waals surface area contributed by atoms with Gasteiger partial charge in [-0.2, -0.15) is 0 Å². The van der Waals surface area contributed by atoms with Gasteiger partial charge >= 0.3 is 5.97 Å². The molecule has 1 heterocycles. The van der Waals surface area contributed by atoms with E-state index in [4.69, 9.17) is 10.2 Å². The SMILES string of the molecule is CCN(CCO)Cc1c(O)c(=O)cc(C)n1CC(=O)O. The average Bonchev–Trinajstić information content (AvgIpc) is 2.38. The second kappa shape index (κ2) is 7.06. The summed E-state index contributed by atoms with van der Waals surface area (Å²) in [6, 6.07) is 1.21. The van der Waals surface area contributed by atoms with Gasteiger partial charge in [0.25, 0.3) is 0 Å². The number of nitrogens with zero attached hydrogens (tertiary/aromatic N) is 2. The van der Waals surface area contributed by atoms with Gasteiger partial charge in [-0.15, -0.1) is 0 Å². The zero-order valence-corrected chi connectivity index (χ0v) is 11.7. The van der Waals surface area contributed by atoms with Gasteiger partial charge in [0.05, 0.1) is 12.3 Å². The van der Waals surface area contributed by atoms with E-state index in [9.17, 15) is 14.7 Å². The highest BCUT2D eigenvalue weighted by atomic mass is 16.4. The van der Waals surface area contributed by atoms with Crippen LogP contribution >= 0.6 is 0 Å². The Morgan fingerprint density at radius 2 is 2.10 bits per heavy atom. The van der Waals surface area contributed by atoms with Crippen LogP contribution in [-0.4, -0.2) is 50.5 Å². The van der Waals surface area contributed by atoms with Gasteiger partial charge in [0.1, 0.15) is 6.54 Å². The number of carboxylic acid groups (broad SMARTS) is 1. The number of aryl methyl sites for hydroxylation is 1. The summed E-state index contributed by atoms with van der Waals surface area (Å²) < 4.78 is 1.40. The van der Waals surface area contributed by atoms with Crippen molar-refractivity contribution < 1.29 is 20.1 Å². The minimum Gasteiger partial charge on any atom is -0.503 e. The Labute approximate surface area is 116 Å². The van der Waals surface area contributed by atoms with Gasteiger partial charge in [0, 0.05) is 24.8 Å². The highest BCUT2D eigenvalue weighted by molar-refractivity contribution is 5.67. The molecule has 0 radical (unpaired) electrons. The molecule has 1 aromatic rings. The molecular weight excluding hydrogens is 264 g/mol. The normalized spacial score (nSPS) is 11.0. The second-order valence-corrected chi connectivity index (χ2v) is 4.52. The van der Waals surface area contributed by atoms with Crippen molar-refractivity contribution >= 4 is 5.97 Å². The number of aromatic hydroxyl groups is 1. The predicted molar refractivity (Wildman–Crippen MR) is 72.8 cm³/mol. The van der Waals surface area contributed by atoms with Crippen LogP contribution in [0.3, 0.4) is 0 Å². The third kappa shape index (κ3) is 3.82. The highest BCUT2D eigenvalue weighted by Gasteiger charge is 2.17. The molecule has 0 atom stereocenters. The fourth-order valence-electron chi connectivity index (χ4n) is 2.04. The van der Waals surface area contributed by atoms with Crippen LogP contribution < -0.4 is 5.43 Å². The van der Waals surface area contributed by atoms with E-state index in [2.05, 4.69) is 0 Å². The smallest absolute Gasteiger partial charge is 0.323 e. The van der Waals surface area contributed by atoms with Gasteiger partial charge in [-0.05, 0) is 13.5 Å². The Morgan fingerprint density at radius 3 is 2.60 bits per heavy atom. The lowest BCUT2D eigenvalue weighted by molar-refractivity contribution is -0.137. The summed E-state index contributed by atoms with van der Waals surface area (Å²) in [7, 11) is 0. The van der Waals surface area contributed by atoms with Crippen LogP contribution in [-0.2, 0) is 17.9 Å². The molecule has 0 amide bonds. The van der Waals surface area contributed by atoms with E-state index >= 15 is 0 Å². The Bertz CT molecular complexity index is 538. The molecule has 7 heteroatoms. The molecule has 0 spiro atoms. The molecule has 1 aromatic heterocycles. The standard InChI is InChI=1S/C13H20N2O5/c1-3-14(4-5-16)7-10-13(20)11(17)6-9(2)15(10)8-12(18)19/h6,16,20H,3-5,7-8H2,1-2H3,(H,18,19). The maximum Gasteiger partial charge on any atom is 0.323 e. The Hall–Kier alpha value is -1.86. The molecule has 0 aliphatic rings. The summed E-state index contributed by atoms with van der Waals surface area (Å²) in [5.74, 6) is -1.49. The van der Waals surface area contributed by atoms with Crippen molar-refractivity contribution in [3.05, 3.63) is 27.7 Å². The van der Waals surface area contributed by atoms with Crippen LogP contribution in [0.25, 0.3) is 0 Å². The minimum absolute atomic E-state index is 0.0520. The number of hydrogen-bond donors (Lipinski definition) is 3. The van der Waals surface area contributed by atoms with Crippen molar-refractivity contribution in [2.24, 2.45) is 0 Å². The van der Waals surface area contributed by atoms with Gasteiger partial charge in [0.15, 0.2) is 5.75 Å². The summed E-state index contributed by atoms with van der Waals surface area (Å²) in [6.07, 6.45) is 0. The highest BCUT2D eigenvalue weighted by Crippen LogP contribution is 2.16. The molecule has 20 heavy (non-hydrogen) atoms. The van der Waals surface area contributed by atoms with Gasteiger partial charge in [0.2, 0.25) is 5.43 Å². The molecule has 0 saturated heterocycles. The molecule has 0 saturated carbocycles. The number of aliphatic carboxylic acids is 1. The summed E-state index contributed by atoms with van der Waals surface area (Å²) in [6.45, 7) is 4.31. The monoisotopic (exact) mass is 284 g/mol. The lowest BCUT2D eigenvalue weighted by Gasteiger charge is -2.23. The van der Waals surface area contributed by atoms with Crippen LogP contribution in [0.1, 0.15) is 18.3 Å². The molecule has 0 aliphatic heterocycles. The molecule has 1 rings (SSSR count). The van der Waals surface area contributed by atoms with Crippen molar-refractivity contribution in [1.82, 2.24) is 9.47 Å². The number of carbonyl (C=O) groups is 1. The van der Waals surface area contributed by atoms with E-state index < -0.39 is 17.1 Å². The number of hydrogen-bond acceptors (Lipinski definition) is 5. The molecule has 112 valence electrons. The zero-order valence-electron chi connectivity index (χ0n) is 11.7. The van der Waals surface area contributed by atoms with Crippen molar-refractivity contribution in [2.75, 3.05) is 19.7 Å². The van der Waals surface area contributed by atoms with E-state index in [0.29, 0.717) is 18.8 Å². The topological polar surface area (TPSA) is 103 Å². The number of aliphatic hydroxyl groups excluding tert-OH is 1. The van der Waals surface area contributed by atoms with E-state index in [-0.39, 0.29) is 25.4 Å². The number of pyridine rings is 1. The Kier molecular flexibility index (Phi) is 5.72. The lowest BCUT2D eigenvalue weighted by Crippen LogP contribution is -2.30. The van der Waals surface area contributed by atoms with Gasteiger partial charge in [-0.3, -0.25) is 14.5 Å². The number of aromatic nitrogens is 1. The lowest BCUT2D eigenvalue weighted by atomic mass is 10.2. The quantitative estimate of drug-likeness (QED) is 0.638. The summed E-state index contributed by atoms with van der Waals surface area (Å²) >= 11 is 0. The van der Waals surface area contributed by atoms with Gasteiger partial charge in [-0.1, -0.05) is 6.92 Å². The maximum absolute atomic E-state index is 11.6. The number of carboxylic acids is 1. The third-order valence-electron chi connectivity index (χ3n) is 3.13. The first-order valence-corrected chi connectivity index (χ1v) is 6.38. The molecule has 0 aromatic carbocycles. The average molecular weight is 284 g/mol. The second-order valence-electron chi connectivity index (χ2n) is 4.52. The van der Waals surface area contributed by atoms with Crippen LogP contribution in [0.15, 0.2) is 10.9 Å². The van der Waals surface area contributed by atoms with Crippen molar-refractivity contribution in [3.8, 4) is 5.75 Å². The number of likely N-dealkylation sites (N-methyl/N-ethyl adjacent to an activating group) is 1. The summed E-state index contributed by atoms with van der Waals surface area (Å²) in [4.78, 5) is 24.4. The first-order chi connectivity index (χ1) is 9.40. The van der Waals surface area contributed by atoms with Crippen LogP contribution in [0.5, 0.6) is 5.75 Å². The van der Waals surface area contributed by atoms with Crippen LogP contribution in [0.4, 0.5) is 0 Å². The van der Waals surface area contributed by atoms with Crippen molar-refractivity contribution in [3.63, 3.8) is 0 Å². The van der Waals surface area contributed by atoms with E-state index in [1.165, 1.54) is 10.6 Å². The minimum atomic E-state index is -1.05. The van der Waals surface area contributed by atoms with E-state index in [0.717, 1.165) is 0 Å². The first kappa shape index (κ1) is 16.2.